The smallest absolute Gasteiger partial charge is 0.234 e. The van der Waals surface area contributed by atoms with E-state index in [4.69, 9.17) is 12.2 Å². The molecule has 1 aromatic carbocycles. The summed E-state index contributed by atoms with van der Waals surface area (Å²) >= 11 is 5.43. The first-order valence-corrected chi connectivity index (χ1v) is 8.75. The molecule has 2 N–H and O–H groups in total. The highest BCUT2D eigenvalue weighted by molar-refractivity contribution is 7.80. The molecule has 1 saturated heterocycles. The van der Waals surface area contributed by atoms with Crippen molar-refractivity contribution in [1.82, 2.24) is 20.4 Å². The van der Waals surface area contributed by atoms with Crippen molar-refractivity contribution in [3.05, 3.63) is 35.6 Å². The molecule has 1 fully saturated rings. The van der Waals surface area contributed by atoms with Crippen LogP contribution in [-0.4, -0.2) is 60.1 Å². The molecule has 7 heteroatoms. The van der Waals surface area contributed by atoms with Gasteiger partial charge in [0.05, 0.1) is 6.54 Å². The number of halogens is 1. The molecule has 1 aromatic rings. The van der Waals surface area contributed by atoms with E-state index in [0.717, 1.165) is 44.7 Å². The largest absolute Gasteiger partial charge is 0.358 e. The van der Waals surface area contributed by atoms with E-state index in [1.54, 1.807) is 12.1 Å². The summed E-state index contributed by atoms with van der Waals surface area (Å²) in [5.41, 5.74) is 0.991. The zero-order chi connectivity index (χ0) is 17.4. The Labute approximate surface area is 148 Å². The molecule has 0 aromatic heterocycles. The van der Waals surface area contributed by atoms with Crippen LogP contribution in [0.4, 0.5) is 4.39 Å². The molecule has 0 spiro atoms. The van der Waals surface area contributed by atoms with Crippen molar-refractivity contribution in [1.29, 1.82) is 0 Å². The second-order valence-corrected chi connectivity index (χ2v) is 6.29. The summed E-state index contributed by atoms with van der Waals surface area (Å²) in [5, 5.41) is 6.81. The third-order valence-corrected chi connectivity index (χ3v) is 4.36. The first-order valence-electron chi connectivity index (χ1n) is 8.34. The van der Waals surface area contributed by atoms with Crippen molar-refractivity contribution in [2.75, 3.05) is 39.3 Å². The number of nitrogens with one attached hydrogen (secondary N) is 2. The fourth-order valence-electron chi connectivity index (χ4n) is 2.52. The third kappa shape index (κ3) is 6.05. The zero-order valence-corrected chi connectivity index (χ0v) is 14.9. The Balaban J connectivity index is 1.68. The summed E-state index contributed by atoms with van der Waals surface area (Å²) in [6.45, 7) is 7.04. The highest BCUT2D eigenvalue weighted by Gasteiger charge is 2.20. The predicted molar refractivity (Wildman–Crippen MR) is 97.2 cm³/mol. The van der Waals surface area contributed by atoms with E-state index >= 15 is 0 Å². The predicted octanol–water partition coefficient (Wildman–Crippen LogP) is 1.34. The zero-order valence-electron chi connectivity index (χ0n) is 14.1. The summed E-state index contributed by atoms with van der Waals surface area (Å²) < 4.78 is 12.9. The molecular weight excluding hydrogens is 327 g/mol. The summed E-state index contributed by atoms with van der Waals surface area (Å²) in [6.07, 6.45) is 0.952. The lowest BCUT2D eigenvalue weighted by molar-refractivity contribution is -0.122. The molecule has 132 valence electrons. The lowest BCUT2D eigenvalue weighted by Gasteiger charge is -2.35. The average Bonchev–Trinajstić information content (AvgIpc) is 2.60. The maximum absolute atomic E-state index is 12.9. The number of thiocarbonyl (C=S) groups is 1. The Hall–Kier alpha value is -1.73. The number of benzene rings is 1. The number of amides is 1. The van der Waals surface area contributed by atoms with Gasteiger partial charge in [0, 0.05) is 39.3 Å². The van der Waals surface area contributed by atoms with Gasteiger partial charge in [0.1, 0.15) is 5.82 Å². The highest BCUT2D eigenvalue weighted by Crippen LogP contribution is 2.05. The Bertz CT molecular complexity index is 544. The van der Waals surface area contributed by atoms with E-state index in [2.05, 4.69) is 20.4 Å². The SMILES string of the molecule is CCCNC(=O)CN1CCN(C(=S)NCc2ccc(F)cc2)CC1. The van der Waals surface area contributed by atoms with Crippen molar-refractivity contribution in [3.8, 4) is 0 Å². The van der Waals surface area contributed by atoms with E-state index in [9.17, 15) is 9.18 Å². The number of nitrogens with zero attached hydrogens (tertiary/aromatic N) is 2. The first kappa shape index (κ1) is 18.6. The molecule has 5 nitrogen and oxygen atoms in total. The minimum absolute atomic E-state index is 0.0855. The van der Waals surface area contributed by atoms with Crippen molar-refractivity contribution < 1.29 is 9.18 Å². The van der Waals surface area contributed by atoms with Gasteiger partial charge in [0.25, 0.3) is 0 Å². The van der Waals surface area contributed by atoms with E-state index in [0.29, 0.717) is 18.2 Å². The van der Waals surface area contributed by atoms with E-state index < -0.39 is 0 Å². The average molecular weight is 352 g/mol. The van der Waals surface area contributed by atoms with E-state index in [1.807, 2.05) is 6.92 Å². The van der Waals surface area contributed by atoms with Gasteiger partial charge in [-0.15, -0.1) is 0 Å². The van der Waals surface area contributed by atoms with Crippen LogP contribution in [0.15, 0.2) is 24.3 Å². The topological polar surface area (TPSA) is 47.6 Å². The van der Waals surface area contributed by atoms with Crippen LogP contribution in [0.2, 0.25) is 0 Å². The van der Waals surface area contributed by atoms with Crippen LogP contribution in [0.3, 0.4) is 0 Å². The van der Waals surface area contributed by atoms with Crippen LogP contribution >= 0.6 is 12.2 Å². The van der Waals surface area contributed by atoms with Crippen molar-refractivity contribution in [2.45, 2.75) is 19.9 Å². The summed E-state index contributed by atoms with van der Waals surface area (Å²) in [6, 6.07) is 6.39. The van der Waals surface area contributed by atoms with Crippen LogP contribution in [0.25, 0.3) is 0 Å². The van der Waals surface area contributed by atoms with Gasteiger partial charge in [-0.25, -0.2) is 4.39 Å². The number of hydrogen-bond donors (Lipinski definition) is 2. The number of piperazine rings is 1. The van der Waals surface area contributed by atoms with Crippen LogP contribution in [0, 0.1) is 5.82 Å². The summed E-state index contributed by atoms with van der Waals surface area (Å²) in [4.78, 5) is 16.0. The molecular formula is C17H25FN4OS. The highest BCUT2D eigenvalue weighted by atomic mass is 32.1. The Kier molecular flexibility index (Phi) is 7.39. The van der Waals surface area contributed by atoms with Crippen LogP contribution in [0.1, 0.15) is 18.9 Å². The van der Waals surface area contributed by atoms with Crippen molar-refractivity contribution in [3.63, 3.8) is 0 Å². The molecule has 0 unspecified atom stereocenters. The fraction of sp³-hybridized carbons (Fsp3) is 0.529. The van der Waals surface area contributed by atoms with Gasteiger partial charge < -0.3 is 15.5 Å². The number of carbonyl (C=O) groups excluding carboxylic acids is 1. The molecule has 1 heterocycles. The van der Waals surface area contributed by atoms with Gasteiger partial charge in [0.2, 0.25) is 5.91 Å². The molecule has 2 rings (SSSR count). The quantitative estimate of drug-likeness (QED) is 0.757. The molecule has 1 amide bonds. The first-order chi connectivity index (χ1) is 11.6. The molecule has 1 aliphatic heterocycles. The monoisotopic (exact) mass is 352 g/mol. The van der Waals surface area contributed by atoms with Gasteiger partial charge in [0.15, 0.2) is 5.11 Å². The lowest BCUT2D eigenvalue weighted by Crippen LogP contribution is -2.53. The molecule has 0 bridgehead atoms. The van der Waals surface area contributed by atoms with Crippen LogP contribution < -0.4 is 10.6 Å². The maximum atomic E-state index is 12.9. The van der Waals surface area contributed by atoms with Crippen molar-refractivity contribution >= 4 is 23.2 Å². The van der Waals surface area contributed by atoms with Gasteiger partial charge >= 0.3 is 0 Å². The number of carbonyl (C=O) groups is 1. The lowest BCUT2D eigenvalue weighted by atomic mass is 10.2. The minimum atomic E-state index is -0.236. The van der Waals surface area contributed by atoms with Crippen molar-refractivity contribution in [2.24, 2.45) is 0 Å². The van der Waals surface area contributed by atoms with Gasteiger partial charge in [-0.3, -0.25) is 9.69 Å². The molecule has 24 heavy (non-hydrogen) atoms. The van der Waals surface area contributed by atoms with Crippen LogP contribution in [0.5, 0.6) is 0 Å². The normalized spacial score (nSPS) is 15.2. The molecule has 1 aliphatic rings. The molecule has 0 radical (unpaired) electrons. The summed E-state index contributed by atoms with van der Waals surface area (Å²) in [7, 11) is 0. The maximum Gasteiger partial charge on any atom is 0.234 e. The molecule has 0 aliphatic carbocycles. The second-order valence-electron chi connectivity index (χ2n) is 5.90. The standard InChI is InChI=1S/C17H25FN4OS/c1-2-7-19-16(23)13-21-8-10-22(11-9-21)17(24)20-12-14-3-5-15(18)6-4-14/h3-6H,2,7-13H2,1H3,(H,19,23)(H,20,24). The second kappa shape index (κ2) is 9.54. The Morgan fingerprint density at radius 3 is 2.46 bits per heavy atom. The fourth-order valence-corrected chi connectivity index (χ4v) is 2.78. The minimum Gasteiger partial charge on any atom is -0.358 e. The Morgan fingerprint density at radius 1 is 1.17 bits per heavy atom. The number of rotatable bonds is 6. The van der Waals surface area contributed by atoms with Crippen LogP contribution in [-0.2, 0) is 11.3 Å². The van der Waals surface area contributed by atoms with Gasteiger partial charge in [-0.1, -0.05) is 19.1 Å². The third-order valence-electron chi connectivity index (χ3n) is 3.96. The number of hydrogen-bond acceptors (Lipinski definition) is 3. The molecule has 0 saturated carbocycles. The van der Waals surface area contributed by atoms with E-state index in [-0.39, 0.29) is 11.7 Å². The van der Waals surface area contributed by atoms with E-state index in [1.165, 1.54) is 12.1 Å². The van der Waals surface area contributed by atoms with Gasteiger partial charge in [-0.05, 0) is 36.3 Å². The Morgan fingerprint density at radius 2 is 1.83 bits per heavy atom. The van der Waals surface area contributed by atoms with Gasteiger partial charge in [-0.2, -0.15) is 0 Å². The summed E-state index contributed by atoms with van der Waals surface area (Å²) in [5.74, 6) is -0.150. The molecule has 0 atom stereocenters.